The summed E-state index contributed by atoms with van der Waals surface area (Å²) in [6, 6.07) is 16.9. The molecular weight excluding hydrogens is 491 g/mol. The van der Waals surface area contributed by atoms with Gasteiger partial charge in [-0.15, -0.1) is 0 Å². The van der Waals surface area contributed by atoms with Crippen molar-refractivity contribution in [1.82, 2.24) is 25.1 Å². The minimum atomic E-state index is -0.519. The summed E-state index contributed by atoms with van der Waals surface area (Å²) in [5, 5.41) is 12.3. The Hall–Kier alpha value is -4.85. The van der Waals surface area contributed by atoms with Gasteiger partial charge in [0, 0.05) is 45.2 Å². The van der Waals surface area contributed by atoms with Crippen LogP contribution in [-0.2, 0) is 4.79 Å². The number of rotatable bonds is 4. The second-order valence-electron chi connectivity index (χ2n) is 10.8. The van der Waals surface area contributed by atoms with Gasteiger partial charge in [0.25, 0.3) is 0 Å². The van der Waals surface area contributed by atoms with Gasteiger partial charge in [-0.1, -0.05) is 39.0 Å². The van der Waals surface area contributed by atoms with Gasteiger partial charge in [0.15, 0.2) is 5.65 Å². The number of hydrogen-bond donors (Lipinski definition) is 3. The van der Waals surface area contributed by atoms with Crippen molar-refractivity contribution in [2.45, 2.75) is 27.7 Å². The molecule has 1 amide bonds. The molecule has 2 aromatic carbocycles. The molecule has 0 bridgehead atoms. The molecule has 3 N–H and O–H groups in total. The Kier molecular flexibility index (Phi) is 5.75. The van der Waals surface area contributed by atoms with Crippen LogP contribution in [-0.4, -0.2) is 31.1 Å². The highest BCUT2D eigenvalue weighted by molar-refractivity contribution is 6.01. The van der Waals surface area contributed by atoms with Crippen LogP contribution in [0.25, 0.3) is 55.6 Å². The second-order valence-corrected chi connectivity index (χ2v) is 10.8. The number of hydrogen-bond acceptors (Lipinski definition) is 4. The first-order valence-electron chi connectivity index (χ1n) is 12.7. The van der Waals surface area contributed by atoms with Crippen LogP contribution in [0.3, 0.4) is 0 Å². The molecule has 6 aromatic rings. The SMILES string of the molecule is Cc1cc(F)cc(-c2cccc3[nH]c(-c4n[nH]c5ncc(-c6cncc(NC(=O)C(C)(C)C)c6)cc45)cc23)c1. The number of nitrogens with one attached hydrogen (secondary N) is 3. The summed E-state index contributed by atoms with van der Waals surface area (Å²) in [4.78, 5) is 24.8. The Morgan fingerprint density at radius 3 is 2.54 bits per heavy atom. The van der Waals surface area contributed by atoms with Gasteiger partial charge in [0.1, 0.15) is 11.5 Å². The molecule has 4 aromatic heterocycles. The normalized spacial score (nSPS) is 11.8. The van der Waals surface area contributed by atoms with Crippen molar-refractivity contribution in [2.24, 2.45) is 5.41 Å². The standard InChI is InChI=1S/C31H27FN6O/c1-17-8-18(10-21(32)9-17)23-6-5-7-26-24(23)13-27(36-26)28-25-12-20(15-34-29(25)38-37-28)19-11-22(16-33-14-19)35-30(39)31(2,3)4/h5-16,36H,1-4H3,(H,35,39)(H,34,37,38). The summed E-state index contributed by atoms with van der Waals surface area (Å²) in [6.07, 6.45) is 5.13. The number of fused-ring (bicyclic) bond motifs is 2. The summed E-state index contributed by atoms with van der Waals surface area (Å²) in [7, 11) is 0. The first kappa shape index (κ1) is 24.5. The molecule has 0 aliphatic carbocycles. The van der Waals surface area contributed by atoms with Crippen LogP contribution < -0.4 is 5.32 Å². The van der Waals surface area contributed by atoms with Crippen LogP contribution in [0, 0.1) is 18.2 Å². The maximum atomic E-state index is 14.2. The Morgan fingerprint density at radius 1 is 0.923 bits per heavy atom. The molecule has 0 radical (unpaired) electrons. The molecule has 0 aliphatic heterocycles. The van der Waals surface area contributed by atoms with Crippen molar-refractivity contribution in [3.8, 4) is 33.6 Å². The Morgan fingerprint density at radius 2 is 1.74 bits per heavy atom. The second kappa shape index (κ2) is 9.16. The molecule has 8 heteroatoms. The molecule has 0 spiro atoms. The highest BCUT2D eigenvalue weighted by atomic mass is 19.1. The van der Waals surface area contributed by atoms with E-state index < -0.39 is 5.41 Å². The molecule has 4 heterocycles. The third kappa shape index (κ3) is 4.65. The van der Waals surface area contributed by atoms with E-state index in [9.17, 15) is 9.18 Å². The fourth-order valence-corrected chi connectivity index (χ4v) is 4.68. The average molecular weight is 519 g/mol. The molecule has 0 saturated heterocycles. The fraction of sp³-hybridized carbons (Fsp3) is 0.161. The molecule has 194 valence electrons. The minimum Gasteiger partial charge on any atom is -0.353 e. The van der Waals surface area contributed by atoms with Gasteiger partial charge in [0.05, 0.1) is 17.6 Å². The van der Waals surface area contributed by atoms with E-state index in [1.165, 1.54) is 6.07 Å². The number of anilines is 1. The molecule has 0 fully saturated rings. The number of carbonyl (C=O) groups is 1. The van der Waals surface area contributed by atoms with Crippen molar-refractivity contribution in [3.05, 3.63) is 84.6 Å². The maximum Gasteiger partial charge on any atom is 0.229 e. The summed E-state index contributed by atoms with van der Waals surface area (Å²) in [6.45, 7) is 7.48. The topological polar surface area (TPSA) is 99.3 Å². The predicted molar refractivity (Wildman–Crippen MR) is 153 cm³/mol. The van der Waals surface area contributed by atoms with Gasteiger partial charge in [-0.2, -0.15) is 5.10 Å². The highest BCUT2D eigenvalue weighted by Crippen LogP contribution is 2.35. The lowest BCUT2D eigenvalue weighted by atomic mass is 9.95. The zero-order valence-corrected chi connectivity index (χ0v) is 22.1. The number of aryl methyl sites for hydroxylation is 1. The van der Waals surface area contributed by atoms with Crippen molar-refractivity contribution in [1.29, 1.82) is 0 Å². The molecule has 0 unspecified atom stereocenters. The third-order valence-corrected chi connectivity index (χ3v) is 6.70. The largest absolute Gasteiger partial charge is 0.353 e. The van der Waals surface area contributed by atoms with Crippen molar-refractivity contribution < 1.29 is 9.18 Å². The number of H-pyrrole nitrogens is 2. The van der Waals surface area contributed by atoms with Gasteiger partial charge >= 0.3 is 0 Å². The maximum absolute atomic E-state index is 14.2. The summed E-state index contributed by atoms with van der Waals surface area (Å²) in [5.74, 6) is -0.343. The predicted octanol–water partition coefficient (Wildman–Crippen LogP) is 7.27. The monoisotopic (exact) mass is 518 g/mol. The lowest BCUT2D eigenvalue weighted by Gasteiger charge is -2.17. The summed E-state index contributed by atoms with van der Waals surface area (Å²) < 4.78 is 14.2. The molecular formula is C31H27FN6O. The van der Waals surface area contributed by atoms with E-state index in [4.69, 9.17) is 0 Å². The number of halogens is 1. The van der Waals surface area contributed by atoms with E-state index in [-0.39, 0.29) is 11.7 Å². The minimum absolute atomic E-state index is 0.0845. The third-order valence-electron chi connectivity index (χ3n) is 6.70. The summed E-state index contributed by atoms with van der Waals surface area (Å²) in [5.41, 5.74) is 7.52. The number of aromatic nitrogens is 5. The van der Waals surface area contributed by atoms with E-state index in [0.717, 1.165) is 55.5 Å². The van der Waals surface area contributed by atoms with E-state index in [2.05, 4.69) is 30.5 Å². The molecule has 6 rings (SSSR count). The number of pyridine rings is 2. The van der Waals surface area contributed by atoms with E-state index in [1.54, 1.807) is 24.7 Å². The number of nitrogens with zero attached hydrogens (tertiary/aromatic N) is 3. The molecule has 0 aliphatic rings. The first-order chi connectivity index (χ1) is 18.7. The highest BCUT2D eigenvalue weighted by Gasteiger charge is 2.21. The zero-order valence-electron chi connectivity index (χ0n) is 22.1. The lowest BCUT2D eigenvalue weighted by molar-refractivity contribution is -0.123. The van der Waals surface area contributed by atoms with Crippen LogP contribution in [0.15, 0.2) is 73.2 Å². The van der Waals surface area contributed by atoms with Gasteiger partial charge < -0.3 is 10.3 Å². The van der Waals surface area contributed by atoms with Gasteiger partial charge in [0.2, 0.25) is 5.91 Å². The van der Waals surface area contributed by atoms with Gasteiger partial charge in [-0.3, -0.25) is 14.9 Å². The zero-order chi connectivity index (χ0) is 27.3. The van der Waals surface area contributed by atoms with E-state index in [0.29, 0.717) is 11.3 Å². The van der Waals surface area contributed by atoms with Crippen molar-refractivity contribution >= 4 is 33.5 Å². The molecule has 0 saturated carbocycles. The van der Waals surface area contributed by atoms with E-state index in [1.807, 2.05) is 70.2 Å². The average Bonchev–Trinajstić information content (AvgIpc) is 3.51. The van der Waals surface area contributed by atoms with Crippen LogP contribution in [0.4, 0.5) is 10.1 Å². The number of aromatic amines is 2. The number of amides is 1. The number of carbonyl (C=O) groups excluding carboxylic acids is 1. The number of benzene rings is 2. The van der Waals surface area contributed by atoms with Crippen molar-refractivity contribution in [3.63, 3.8) is 0 Å². The first-order valence-corrected chi connectivity index (χ1v) is 12.7. The molecule has 39 heavy (non-hydrogen) atoms. The Balaban J connectivity index is 1.41. The van der Waals surface area contributed by atoms with Crippen molar-refractivity contribution in [2.75, 3.05) is 5.32 Å². The van der Waals surface area contributed by atoms with Crippen LogP contribution in [0.1, 0.15) is 26.3 Å². The molecule has 0 atom stereocenters. The van der Waals surface area contributed by atoms with Crippen LogP contribution in [0.5, 0.6) is 0 Å². The van der Waals surface area contributed by atoms with Gasteiger partial charge in [-0.05, 0) is 60.0 Å². The van der Waals surface area contributed by atoms with Gasteiger partial charge in [-0.25, -0.2) is 9.37 Å². The summed E-state index contributed by atoms with van der Waals surface area (Å²) >= 11 is 0. The smallest absolute Gasteiger partial charge is 0.229 e. The lowest BCUT2D eigenvalue weighted by Crippen LogP contribution is -2.27. The quantitative estimate of drug-likeness (QED) is 0.229. The Bertz CT molecular complexity index is 1860. The van der Waals surface area contributed by atoms with E-state index >= 15 is 0 Å². The Labute approximate surface area is 224 Å². The molecule has 7 nitrogen and oxygen atoms in total. The van der Waals surface area contributed by atoms with Crippen LogP contribution in [0.2, 0.25) is 0 Å². The fourth-order valence-electron chi connectivity index (χ4n) is 4.68. The van der Waals surface area contributed by atoms with Crippen LogP contribution >= 0.6 is 0 Å².